The van der Waals surface area contributed by atoms with Gasteiger partial charge < -0.3 is 15.0 Å². The van der Waals surface area contributed by atoms with E-state index in [0.29, 0.717) is 6.04 Å². The van der Waals surface area contributed by atoms with E-state index in [-0.39, 0.29) is 6.10 Å². The van der Waals surface area contributed by atoms with Crippen molar-refractivity contribution in [2.45, 2.75) is 64.3 Å². The Balaban J connectivity index is 1.76. The van der Waals surface area contributed by atoms with Crippen molar-refractivity contribution in [2.75, 3.05) is 18.6 Å². The molecule has 1 aromatic rings. The van der Waals surface area contributed by atoms with Crippen molar-refractivity contribution < 1.29 is 4.74 Å². The van der Waals surface area contributed by atoms with Gasteiger partial charge in [0.05, 0.1) is 12.1 Å². The number of nitrogens with zero attached hydrogens (tertiary/aromatic N) is 2. The molecule has 3 rings (SSSR count). The van der Waals surface area contributed by atoms with Crippen molar-refractivity contribution in [3.63, 3.8) is 0 Å². The minimum atomic E-state index is 0.287. The molecule has 2 fully saturated rings. The molecule has 2 heterocycles. The van der Waals surface area contributed by atoms with E-state index < -0.39 is 0 Å². The van der Waals surface area contributed by atoms with Crippen LogP contribution in [0.4, 0.5) is 5.82 Å². The molecule has 4 nitrogen and oxygen atoms in total. The van der Waals surface area contributed by atoms with Crippen LogP contribution in [0.1, 0.15) is 44.4 Å². The number of aromatic nitrogens is 1. The molecule has 116 valence electrons. The Bertz CT molecular complexity index is 487. The highest BCUT2D eigenvalue weighted by atomic mass is 16.5. The van der Waals surface area contributed by atoms with E-state index in [1.54, 1.807) is 0 Å². The van der Waals surface area contributed by atoms with Crippen LogP contribution >= 0.6 is 0 Å². The number of likely N-dealkylation sites (N-methyl/N-ethyl adjacent to an activating group) is 1. The summed E-state index contributed by atoms with van der Waals surface area (Å²) in [6.45, 7) is 6.15. The molecule has 0 spiro atoms. The molecule has 1 aromatic heterocycles. The summed E-state index contributed by atoms with van der Waals surface area (Å²) in [5.74, 6) is 1.09. The summed E-state index contributed by atoms with van der Waals surface area (Å²) in [6.07, 6.45) is 5.01. The van der Waals surface area contributed by atoms with E-state index in [9.17, 15) is 0 Å². The van der Waals surface area contributed by atoms with Crippen LogP contribution in [0.15, 0.2) is 12.1 Å². The van der Waals surface area contributed by atoms with Crippen LogP contribution in [-0.4, -0.2) is 36.8 Å². The third-order valence-corrected chi connectivity index (χ3v) is 4.65. The topological polar surface area (TPSA) is 37.4 Å². The van der Waals surface area contributed by atoms with E-state index in [1.807, 2.05) is 0 Å². The van der Waals surface area contributed by atoms with Gasteiger partial charge in [-0.05, 0) is 50.3 Å². The summed E-state index contributed by atoms with van der Waals surface area (Å²) in [6, 6.07) is 5.66. The lowest BCUT2D eigenvalue weighted by Crippen LogP contribution is -2.37. The van der Waals surface area contributed by atoms with Crippen molar-refractivity contribution in [1.82, 2.24) is 10.3 Å². The fraction of sp³-hybridized carbons (Fsp3) is 0.706. The average molecular weight is 289 g/mol. The second-order valence-corrected chi connectivity index (χ2v) is 6.38. The number of aryl methyl sites for hydroxylation is 1. The van der Waals surface area contributed by atoms with Gasteiger partial charge in [-0.1, -0.05) is 6.92 Å². The lowest BCUT2D eigenvalue weighted by Gasteiger charge is -2.28. The highest BCUT2D eigenvalue weighted by Crippen LogP contribution is 2.25. The predicted octanol–water partition coefficient (Wildman–Crippen LogP) is 2.51. The van der Waals surface area contributed by atoms with Crippen molar-refractivity contribution in [3.05, 3.63) is 23.4 Å². The Morgan fingerprint density at radius 3 is 2.76 bits per heavy atom. The molecule has 1 aliphatic carbocycles. The SMILES string of the molecule is CCc1cc(CNC2CC2)cc(N(C)C2CCOC2C)n1. The molecule has 0 bridgehead atoms. The molecule has 4 heteroatoms. The van der Waals surface area contributed by atoms with E-state index in [2.05, 4.69) is 43.2 Å². The summed E-state index contributed by atoms with van der Waals surface area (Å²) in [5, 5.41) is 3.60. The molecule has 0 aromatic carbocycles. The van der Waals surface area contributed by atoms with Crippen molar-refractivity contribution in [1.29, 1.82) is 0 Å². The first kappa shape index (κ1) is 14.8. The highest BCUT2D eigenvalue weighted by molar-refractivity contribution is 5.43. The van der Waals surface area contributed by atoms with Crippen molar-refractivity contribution >= 4 is 5.82 Å². The Morgan fingerprint density at radius 2 is 2.14 bits per heavy atom. The summed E-state index contributed by atoms with van der Waals surface area (Å²) >= 11 is 0. The zero-order chi connectivity index (χ0) is 14.8. The van der Waals surface area contributed by atoms with Gasteiger partial charge in [-0.15, -0.1) is 0 Å². The maximum absolute atomic E-state index is 5.70. The fourth-order valence-corrected chi connectivity index (χ4v) is 3.05. The Morgan fingerprint density at radius 1 is 1.33 bits per heavy atom. The van der Waals surface area contributed by atoms with Gasteiger partial charge in [0, 0.05) is 31.9 Å². The maximum atomic E-state index is 5.70. The van der Waals surface area contributed by atoms with Gasteiger partial charge in [0.2, 0.25) is 0 Å². The van der Waals surface area contributed by atoms with Crippen LogP contribution in [-0.2, 0) is 17.7 Å². The molecule has 1 aliphatic heterocycles. The van der Waals surface area contributed by atoms with Crippen LogP contribution in [0.5, 0.6) is 0 Å². The number of hydrogen-bond donors (Lipinski definition) is 1. The van der Waals surface area contributed by atoms with Gasteiger partial charge in [-0.2, -0.15) is 0 Å². The zero-order valence-corrected chi connectivity index (χ0v) is 13.4. The van der Waals surface area contributed by atoms with E-state index in [4.69, 9.17) is 9.72 Å². The third-order valence-electron chi connectivity index (χ3n) is 4.65. The number of nitrogens with one attached hydrogen (secondary N) is 1. The molecule has 1 saturated carbocycles. The quantitative estimate of drug-likeness (QED) is 0.873. The minimum Gasteiger partial charge on any atom is -0.376 e. The van der Waals surface area contributed by atoms with E-state index in [0.717, 1.165) is 37.9 Å². The predicted molar refractivity (Wildman–Crippen MR) is 85.7 cm³/mol. The molecule has 2 aliphatic rings. The molecular weight excluding hydrogens is 262 g/mol. The largest absolute Gasteiger partial charge is 0.376 e. The number of ether oxygens (including phenoxy) is 1. The number of hydrogen-bond acceptors (Lipinski definition) is 4. The smallest absolute Gasteiger partial charge is 0.129 e. The minimum absolute atomic E-state index is 0.287. The fourth-order valence-electron chi connectivity index (χ4n) is 3.05. The number of anilines is 1. The van der Waals surface area contributed by atoms with E-state index in [1.165, 1.54) is 24.1 Å². The van der Waals surface area contributed by atoms with Crippen LogP contribution in [0, 0.1) is 0 Å². The standard InChI is InChI=1S/C17H27N3O/c1-4-14-9-13(11-18-15-5-6-15)10-17(19-14)20(3)16-7-8-21-12(16)2/h9-10,12,15-16,18H,4-8,11H2,1-3H3. The second-order valence-electron chi connectivity index (χ2n) is 6.38. The first-order valence-electron chi connectivity index (χ1n) is 8.25. The van der Waals surface area contributed by atoms with Gasteiger partial charge in [0.15, 0.2) is 0 Å². The molecule has 21 heavy (non-hydrogen) atoms. The first-order valence-corrected chi connectivity index (χ1v) is 8.25. The molecule has 0 radical (unpaired) electrons. The number of rotatable bonds is 6. The molecule has 1 saturated heterocycles. The van der Waals surface area contributed by atoms with Crippen LogP contribution in [0.3, 0.4) is 0 Å². The van der Waals surface area contributed by atoms with Crippen LogP contribution in [0.25, 0.3) is 0 Å². The summed E-state index contributed by atoms with van der Waals surface area (Å²) in [5.41, 5.74) is 2.53. The Kier molecular flexibility index (Phi) is 4.45. The highest BCUT2D eigenvalue weighted by Gasteiger charge is 2.29. The van der Waals surface area contributed by atoms with Gasteiger partial charge in [-0.3, -0.25) is 0 Å². The van der Waals surface area contributed by atoms with Crippen molar-refractivity contribution in [3.8, 4) is 0 Å². The third kappa shape index (κ3) is 3.55. The first-order chi connectivity index (χ1) is 10.2. The van der Waals surface area contributed by atoms with Gasteiger partial charge in [0.25, 0.3) is 0 Å². The maximum Gasteiger partial charge on any atom is 0.129 e. The molecule has 2 unspecified atom stereocenters. The summed E-state index contributed by atoms with van der Waals surface area (Å²) < 4.78 is 5.70. The molecule has 1 N–H and O–H groups in total. The lowest BCUT2D eigenvalue weighted by atomic mass is 10.1. The molecule has 2 atom stereocenters. The van der Waals surface area contributed by atoms with Crippen LogP contribution in [0.2, 0.25) is 0 Å². The molecular formula is C17H27N3O. The molecule has 0 amide bonds. The average Bonchev–Trinajstić information content (AvgIpc) is 3.24. The Labute approximate surface area is 127 Å². The second kappa shape index (κ2) is 6.32. The van der Waals surface area contributed by atoms with Crippen LogP contribution < -0.4 is 10.2 Å². The summed E-state index contributed by atoms with van der Waals surface area (Å²) in [4.78, 5) is 7.12. The van der Waals surface area contributed by atoms with Gasteiger partial charge >= 0.3 is 0 Å². The van der Waals surface area contributed by atoms with Gasteiger partial charge in [-0.25, -0.2) is 4.98 Å². The lowest BCUT2D eigenvalue weighted by molar-refractivity contribution is 0.118. The van der Waals surface area contributed by atoms with E-state index >= 15 is 0 Å². The normalized spacial score (nSPS) is 25.3. The van der Waals surface area contributed by atoms with Gasteiger partial charge in [0.1, 0.15) is 5.82 Å². The monoisotopic (exact) mass is 289 g/mol. The Hall–Kier alpha value is -1.13. The number of pyridine rings is 1. The summed E-state index contributed by atoms with van der Waals surface area (Å²) in [7, 11) is 2.15. The van der Waals surface area contributed by atoms with Crippen molar-refractivity contribution in [2.24, 2.45) is 0 Å². The zero-order valence-electron chi connectivity index (χ0n) is 13.4.